The number of hydrogen-bond acceptors (Lipinski definition) is 8. The van der Waals surface area contributed by atoms with Crippen molar-refractivity contribution in [2.75, 3.05) is 13.2 Å². The van der Waals surface area contributed by atoms with Gasteiger partial charge in [-0.3, -0.25) is 0 Å². The second-order valence-corrected chi connectivity index (χ2v) is 14.0. The standard InChI is InChI=1S/C39H54Cl2O8/c1-11-33(44)46-23-29(42)22-39(15-5,16-6)49-36-26(8)18-28(20-32(36)41)37(9,10)27-17-25(7)35(31(40)19-27)47-24-30(43)21-38(13-3,14-4)48-34(45)12-2/h11-12,17-20,29-30,42-43H,1-2,13-16,21-24H2,3-10H3. The Morgan fingerprint density at radius 3 is 1.65 bits per heavy atom. The van der Waals surface area contributed by atoms with Gasteiger partial charge in [-0.05, 0) is 73.9 Å². The summed E-state index contributed by atoms with van der Waals surface area (Å²) in [6, 6.07) is 7.79. The molecule has 0 heterocycles. The molecule has 0 saturated heterocycles. The smallest absolute Gasteiger partial charge is 0.330 e. The summed E-state index contributed by atoms with van der Waals surface area (Å²) in [5.74, 6) is -0.116. The average Bonchev–Trinajstić information content (AvgIpc) is 3.07. The molecule has 0 aliphatic rings. The second-order valence-electron chi connectivity index (χ2n) is 13.2. The van der Waals surface area contributed by atoms with Gasteiger partial charge in [-0.15, -0.1) is 0 Å². The van der Waals surface area contributed by atoms with Gasteiger partial charge in [-0.1, -0.05) is 90.0 Å². The van der Waals surface area contributed by atoms with Gasteiger partial charge < -0.3 is 29.2 Å². The molecule has 2 N–H and O–H groups in total. The van der Waals surface area contributed by atoms with Crippen LogP contribution in [0.15, 0.2) is 49.6 Å². The van der Waals surface area contributed by atoms with E-state index in [1.807, 2.05) is 65.8 Å². The molecule has 2 rings (SSSR count). The molecule has 8 nitrogen and oxygen atoms in total. The van der Waals surface area contributed by atoms with Crippen LogP contribution in [0.5, 0.6) is 11.5 Å². The molecule has 0 spiro atoms. The highest BCUT2D eigenvalue weighted by Crippen LogP contribution is 2.43. The Hall–Kier alpha value is -3.04. The minimum atomic E-state index is -0.924. The summed E-state index contributed by atoms with van der Waals surface area (Å²) in [7, 11) is 0. The zero-order chi connectivity index (χ0) is 37.2. The fourth-order valence-electron chi connectivity index (χ4n) is 5.98. The number of esters is 2. The summed E-state index contributed by atoms with van der Waals surface area (Å²) in [6.45, 7) is 22.5. The number of ether oxygens (including phenoxy) is 4. The van der Waals surface area contributed by atoms with Crippen LogP contribution in [0.25, 0.3) is 0 Å². The van der Waals surface area contributed by atoms with Crippen molar-refractivity contribution in [1.29, 1.82) is 0 Å². The van der Waals surface area contributed by atoms with E-state index in [9.17, 15) is 19.8 Å². The molecule has 0 aromatic heterocycles. The van der Waals surface area contributed by atoms with Gasteiger partial charge in [0.2, 0.25) is 0 Å². The van der Waals surface area contributed by atoms with Crippen LogP contribution in [0.4, 0.5) is 0 Å². The highest BCUT2D eigenvalue weighted by molar-refractivity contribution is 6.32. The number of aliphatic hydroxyl groups excluding tert-OH is 2. The minimum absolute atomic E-state index is 0.0268. The van der Waals surface area contributed by atoms with Crippen molar-refractivity contribution in [3.63, 3.8) is 0 Å². The van der Waals surface area contributed by atoms with E-state index in [2.05, 4.69) is 27.0 Å². The second kappa shape index (κ2) is 18.3. The molecule has 272 valence electrons. The topological polar surface area (TPSA) is 112 Å². The van der Waals surface area contributed by atoms with E-state index in [-0.39, 0.29) is 26.1 Å². The SMILES string of the molecule is C=CC(=O)OCC(O)CC(CC)(CC)Oc1c(C)cc(C(C)(C)c2cc(C)c(OCC(O)CC(CC)(CC)OC(=O)C=C)c(Cl)c2)cc1Cl. The zero-order valence-corrected chi connectivity index (χ0v) is 31.8. The monoisotopic (exact) mass is 720 g/mol. The van der Waals surface area contributed by atoms with Crippen LogP contribution in [-0.2, 0) is 24.5 Å². The molecule has 10 heteroatoms. The molecule has 0 fully saturated rings. The highest BCUT2D eigenvalue weighted by Gasteiger charge is 2.35. The Bertz CT molecular complexity index is 1410. The quantitative estimate of drug-likeness (QED) is 0.103. The van der Waals surface area contributed by atoms with E-state index >= 15 is 0 Å². The number of carbonyl (C=O) groups is 2. The van der Waals surface area contributed by atoms with Crippen molar-refractivity contribution < 1.29 is 38.7 Å². The first-order valence-corrected chi connectivity index (χ1v) is 17.6. The summed E-state index contributed by atoms with van der Waals surface area (Å²) in [4.78, 5) is 23.4. The van der Waals surface area contributed by atoms with Crippen LogP contribution in [0.1, 0.15) is 102 Å². The van der Waals surface area contributed by atoms with Crippen LogP contribution in [0.2, 0.25) is 10.0 Å². The average molecular weight is 722 g/mol. The normalized spacial score (nSPS) is 13.3. The molecule has 0 aliphatic carbocycles. The van der Waals surface area contributed by atoms with Crippen molar-refractivity contribution in [3.8, 4) is 11.5 Å². The van der Waals surface area contributed by atoms with Crippen LogP contribution in [-0.4, -0.2) is 58.8 Å². The number of halogens is 2. The van der Waals surface area contributed by atoms with E-state index in [1.54, 1.807) is 0 Å². The van der Waals surface area contributed by atoms with Crippen LogP contribution in [0.3, 0.4) is 0 Å². The molecule has 0 radical (unpaired) electrons. The lowest BCUT2D eigenvalue weighted by Crippen LogP contribution is -2.40. The van der Waals surface area contributed by atoms with Crippen LogP contribution in [0, 0.1) is 13.8 Å². The molecular weight excluding hydrogens is 667 g/mol. The lowest BCUT2D eigenvalue weighted by molar-refractivity contribution is -0.158. The van der Waals surface area contributed by atoms with Gasteiger partial charge in [0, 0.05) is 30.4 Å². The number of aryl methyl sites for hydroxylation is 2. The molecule has 0 amide bonds. The van der Waals surface area contributed by atoms with Gasteiger partial charge >= 0.3 is 11.9 Å². The van der Waals surface area contributed by atoms with Gasteiger partial charge in [0.25, 0.3) is 0 Å². The van der Waals surface area contributed by atoms with Crippen molar-refractivity contribution in [2.24, 2.45) is 0 Å². The van der Waals surface area contributed by atoms with Crippen LogP contribution < -0.4 is 9.47 Å². The Morgan fingerprint density at radius 1 is 0.755 bits per heavy atom. The van der Waals surface area contributed by atoms with Crippen molar-refractivity contribution in [2.45, 2.75) is 123 Å². The summed E-state index contributed by atoms with van der Waals surface area (Å²) in [5.41, 5.74) is 1.44. The maximum absolute atomic E-state index is 11.9. The molecule has 2 aromatic rings. The molecular formula is C39H54Cl2O8. The predicted octanol–water partition coefficient (Wildman–Crippen LogP) is 8.77. The van der Waals surface area contributed by atoms with Crippen LogP contribution >= 0.6 is 23.2 Å². The third-order valence-electron chi connectivity index (χ3n) is 9.50. The number of hydrogen-bond donors (Lipinski definition) is 2. The highest BCUT2D eigenvalue weighted by atomic mass is 35.5. The van der Waals surface area contributed by atoms with E-state index in [0.717, 1.165) is 34.4 Å². The van der Waals surface area contributed by atoms with Gasteiger partial charge in [-0.2, -0.15) is 0 Å². The van der Waals surface area contributed by atoms with E-state index in [4.69, 9.17) is 42.1 Å². The summed E-state index contributed by atoms with van der Waals surface area (Å²) >= 11 is 13.7. The number of benzene rings is 2. The largest absolute Gasteiger partial charge is 0.489 e. The van der Waals surface area contributed by atoms with Gasteiger partial charge in [0.1, 0.15) is 35.9 Å². The third kappa shape index (κ3) is 11.0. The Morgan fingerprint density at radius 2 is 1.20 bits per heavy atom. The molecule has 0 saturated carbocycles. The fraction of sp³-hybridized carbons (Fsp3) is 0.538. The first kappa shape index (κ1) is 42.1. The van der Waals surface area contributed by atoms with Gasteiger partial charge in [0.15, 0.2) is 0 Å². The summed E-state index contributed by atoms with van der Waals surface area (Å²) in [6.07, 6.45) is 3.10. The lowest BCUT2D eigenvalue weighted by atomic mass is 9.77. The Labute approximate surface area is 302 Å². The molecule has 0 aliphatic heterocycles. The first-order chi connectivity index (χ1) is 22.9. The van der Waals surface area contributed by atoms with Gasteiger partial charge in [-0.25, -0.2) is 9.59 Å². The number of aliphatic hydroxyl groups is 2. The third-order valence-corrected chi connectivity index (χ3v) is 10.1. The molecule has 2 aromatic carbocycles. The van der Waals surface area contributed by atoms with E-state index < -0.39 is 40.8 Å². The Balaban J connectivity index is 2.29. The van der Waals surface area contributed by atoms with Crippen molar-refractivity contribution >= 4 is 35.1 Å². The number of rotatable bonds is 20. The minimum Gasteiger partial charge on any atom is -0.489 e. The maximum atomic E-state index is 11.9. The summed E-state index contributed by atoms with van der Waals surface area (Å²) < 4.78 is 23.2. The first-order valence-electron chi connectivity index (χ1n) is 16.9. The lowest BCUT2D eigenvalue weighted by Gasteiger charge is -2.36. The molecule has 2 unspecified atom stereocenters. The molecule has 49 heavy (non-hydrogen) atoms. The van der Waals surface area contributed by atoms with E-state index in [0.29, 0.717) is 47.2 Å². The Kier molecular flexibility index (Phi) is 15.7. The zero-order valence-electron chi connectivity index (χ0n) is 30.3. The molecule has 0 bridgehead atoms. The van der Waals surface area contributed by atoms with Gasteiger partial charge in [0.05, 0.1) is 22.3 Å². The predicted molar refractivity (Wildman–Crippen MR) is 196 cm³/mol. The fourth-order valence-corrected chi connectivity index (χ4v) is 6.60. The van der Waals surface area contributed by atoms with Crippen molar-refractivity contribution in [3.05, 3.63) is 81.9 Å². The van der Waals surface area contributed by atoms with Crippen molar-refractivity contribution in [1.82, 2.24) is 0 Å². The maximum Gasteiger partial charge on any atom is 0.330 e. The van der Waals surface area contributed by atoms with E-state index in [1.165, 1.54) is 0 Å². The molecule has 2 atom stereocenters. The summed E-state index contributed by atoms with van der Waals surface area (Å²) in [5, 5.41) is 22.3. The number of carbonyl (C=O) groups excluding carboxylic acids is 2.